The molecule has 1 aromatic carbocycles. The van der Waals surface area contributed by atoms with Crippen LogP contribution in [0.25, 0.3) is 22.6 Å². The van der Waals surface area contributed by atoms with Crippen molar-refractivity contribution in [3.8, 4) is 16.9 Å². The van der Waals surface area contributed by atoms with E-state index in [1.54, 1.807) is 29.6 Å². The third kappa shape index (κ3) is 4.87. The summed E-state index contributed by atoms with van der Waals surface area (Å²) in [7, 11) is 0. The van der Waals surface area contributed by atoms with Gasteiger partial charge in [0.25, 0.3) is 5.91 Å². The number of likely N-dealkylation sites (tertiary alicyclic amines) is 1. The molecule has 1 amide bonds. The number of carbonyl (C=O) groups excluding carboxylic acids is 2. The minimum absolute atomic E-state index is 0.0443. The molecule has 6 rings (SSSR count). The first-order valence-corrected chi connectivity index (χ1v) is 14.2. The minimum Gasteiger partial charge on any atom is -0.462 e. The number of hydrogen-bond donors (Lipinski definition) is 0. The van der Waals surface area contributed by atoms with E-state index in [4.69, 9.17) is 14.8 Å². The SMILES string of the molecule is CCOC(=O)c1cnn(-c2ccc(-c3cc4nc(C(=O)N5CCCCC[C@H]5C)cc(C5CCC5)n4n3)c(F)c2)c1. The second-order valence-corrected chi connectivity index (χ2v) is 10.7. The van der Waals surface area contributed by atoms with Crippen LogP contribution in [0.1, 0.15) is 91.3 Å². The van der Waals surface area contributed by atoms with E-state index in [-0.39, 0.29) is 18.6 Å². The number of hydrogen-bond acceptors (Lipinski definition) is 6. The van der Waals surface area contributed by atoms with Gasteiger partial charge in [0.1, 0.15) is 11.5 Å². The van der Waals surface area contributed by atoms with Gasteiger partial charge in [-0.25, -0.2) is 23.4 Å². The van der Waals surface area contributed by atoms with Crippen LogP contribution in [0, 0.1) is 5.82 Å². The normalized spacial score (nSPS) is 18.0. The summed E-state index contributed by atoms with van der Waals surface area (Å²) in [5.41, 5.74) is 3.45. The number of rotatable bonds is 6. The lowest BCUT2D eigenvalue weighted by Crippen LogP contribution is -2.38. The maximum atomic E-state index is 15.4. The lowest BCUT2D eigenvalue weighted by atomic mass is 9.82. The van der Waals surface area contributed by atoms with E-state index in [1.807, 2.05) is 11.0 Å². The molecule has 4 aromatic rings. The fourth-order valence-corrected chi connectivity index (χ4v) is 5.60. The standard InChI is InChI=1S/C30H33FN6O3/c1-3-40-30(39)21-17-32-36(18-21)22-11-12-23(24(31)14-22)25-16-28-33-26(15-27(37(28)34-25)20-9-7-10-20)29(38)35-13-6-4-5-8-19(35)2/h11-12,14-20H,3-10,13H2,1-2H3/t19-/m1/s1. The van der Waals surface area contributed by atoms with Crippen LogP contribution < -0.4 is 0 Å². The van der Waals surface area contributed by atoms with Crippen LogP contribution in [-0.4, -0.2) is 60.3 Å². The Morgan fingerprint density at radius 1 is 1.07 bits per heavy atom. The third-order valence-electron chi connectivity index (χ3n) is 8.10. The van der Waals surface area contributed by atoms with Gasteiger partial charge in [-0.15, -0.1) is 0 Å². The van der Waals surface area contributed by atoms with Gasteiger partial charge in [0, 0.05) is 48.1 Å². The quantitative estimate of drug-likeness (QED) is 0.295. The molecule has 1 aliphatic carbocycles. The molecule has 2 fully saturated rings. The highest BCUT2D eigenvalue weighted by Crippen LogP contribution is 2.37. The number of benzene rings is 1. The van der Waals surface area contributed by atoms with Gasteiger partial charge in [0.2, 0.25) is 0 Å². The topological polar surface area (TPSA) is 94.6 Å². The van der Waals surface area contributed by atoms with Crippen LogP contribution >= 0.6 is 0 Å². The van der Waals surface area contributed by atoms with Crippen molar-refractivity contribution in [1.82, 2.24) is 29.3 Å². The monoisotopic (exact) mass is 544 g/mol. The predicted octanol–water partition coefficient (Wildman–Crippen LogP) is 5.57. The van der Waals surface area contributed by atoms with Crippen LogP contribution in [0.3, 0.4) is 0 Å². The van der Waals surface area contributed by atoms with E-state index in [1.165, 1.54) is 23.1 Å². The molecule has 0 N–H and O–H groups in total. The number of halogens is 1. The summed E-state index contributed by atoms with van der Waals surface area (Å²) in [6.07, 6.45) is 10.4. The summed E-state index contributed by atoms with van der Waals surface area (Å²) in [6, 6.07) is 8.54. The maximum Gasteiger partial charge on any atom is 0.341 e. The average molecular weight is 545 g/mol. The Bertz CT molecular complexity index is 1570. The molecule has 1 saturated heterocycles. The second kappa shape index (κ2) is 10.8. The Morgan fingerprint density at radius 3 is 2.67 bits per heavy atom. The summed E-state index contributed by atoms with van der Waals surface area (Å²) >= 11 is 0. The Balaban J connectivity index is 1.34. The van der Waals surface area contributed by atoms with E-state index in [9.17, 15) is 9.59 Å². The van der Waals surface area contributed by atoms with Crippen molar-refractivity contribution < 1.29 is 18.7 Å². The molecule has 2 aliphatic rings. The molecule has 1 aliphatic heterocycles. The van der Waals surface area contributed by atoms with Crippen molar-refractivity contribution in [3.05, 3.63) is 65.5 Å². The van der Waals surface area contributed by atoms with Crippen LogP contribution in [-0.2, 0) is 4.74 Å². The summed E-state index contributed by atoms with van der Waals surface area (Å²) in [6.45, 7) is 4.84. The first-order valence-electron chi connectivity index (χ1n) is 14.2. The number of ether oxygens (including phenoxy) is 1. The molecule has 0 radical (unpaired) electrons. The Morgan fingerprint density at radius 2 is 1.93 bits per heavy atom. The molecule has 10 heteroatoms. The van der Waals surface area contributed by atoms with Gasteiger partial charge in [-0.1, -0.05) is 19.3 Å². The lowest BCUT2D eigenvalue weighted by Gasteiger charge is -2.29. The first kappa shape index (κ1) is 26.2. The minimum atomic E-state index is -0.478. The van der Waals surface area contributed by atoms with Crippen molar-refractivity contribution in [2.75, 3.05) is 13.2 Å². The summed E-state index contributed by atoms with van der Waals surface area (Å²) < 4.78 is 23.7. The van der Waals surface area contributed by atoms with Crippen molar-refractivity contribution in [3.63, 3.8) is 0 Å². The first-order chi connectivity index (χ1) is 19.4. The smallest absolute Gasteiger partial charge is 0.341 e. The number of carbonyl (C=O) groups is 2. The Labute approximate surface area is 232 Å². The van der Waals surface area contributed by atoms with Gasteiger partial charge >= 0.3 is 5.97 Å². The lowest BCUT2D eigenvalue weighted by molar-refractivity contribution is 0.0526. The van der Waals surface area contributed by atoms with Crippen LogP contribution in [0.15, 0.2) is 42.7 Å². The highest BCUT2D eigenvalue weighted by molar-refractivity contribution is 5.93. The maximum absolute atomic E-state index is 15.4. The highest BCUT2D eigenvalue weighted by Gasteiger charge is 2.29. The van der Waals surface area contributed by atoms with E-state index in [2.05, 4.69) is 12.0 Å². The summed E-state index contributed by atoms with van der Waals surface area (Å²) in [5.74, 6) is -0.702. The molecule has 0 bridgehead atoms. The van der Waals surface area contributed by atoms with E-state index in [0.717, 1.165) is 57.2 Å². The zero-order chi connectivity index (χ0) is 27.8. The largest absolute Gasteiger partial charge is 0.462 e. The van der Waals surface area contributed by atoms with Gasteiger partial charge < -0.3 is 9.64 Å². The number of nitrogens with zero attached hydrogens (tertiary/aromatic N) is 6. The van der Waals surface area contributed by atoms with E-state index in [0.29, 0.717) is 39.8 Å². The molecule has 40 heavy (non-hydrogen) atoms. The molecular weight excluding hydrogens is 511 g/mol. The van der Waals surface area contributed by atoms with Gasteiger partial charge in [-0.3, -0.25) is 4.79 Å². The number of esters is 1. The van der Waals surface area contributed by atoms with Crippen molar-refractivity contribution in [2.45, 2.75) is 70.8 Å². The van der Waals surface area contributed by atoms with Crippen molar-refractivity contribution in [2.24, 2.45) is 0 Å². The number of aromatic nitrogens is 5. The Kier molecular flexibility index (Phi) is 7.08. The van der Waals surface area contributed by atoms with E-state index >= 15 is 4.39 Å². The van der Waals surface area contributed by atoms with Crippen LogP contribution in [0.4, 0.5) is 4.39 Å². The molecule has 0 unspecified atom stereocenters. The summed E-state index contributed by atoms with van der Waals surface area (Å²) in [5, 5.41) is 8.92. The molecule has 3 aromatic heterocycles. The fraction of sp³-hybridized carbons (Fsp3) is 0.433. The zero-order valence-corrected chi connectivity index (χ0v) is 22.8. The van der Waals surface area contributed by atoms with Crippen molar-refractivity contribution in [1.29, 1.82) is 0 Å². The van der Waals surface area contributed by atoms with Gasteiger partial charge in [-0.05, 0) is 57.7 Å². The molecule has 1 saturated carbocycles. The van der Waals surface area contributed by atoms with Gasteiger partial charge in [-0.2, -0.15) is 10.2 Å². The Hall–Kier alpha value is -4.08. The third-order valence-corrected chi connectivity index (χ3v) is 8.10. The molecule has 208 valence electrons. The van der Waals surface area contributed by atoms with Gasteiger partial charge in [0.15, 0.2) is 5.65 Å². The van der Waals surface area contributed by atoms with Crippen LogP contribution in [0.5, 0.6) is 0 Å². The fourth-order valence-electron chi connectivity index (χ4n) is 5.60. The zero-order valence-electron chi connectivity index (χ0n) is 22.8. The molecular formula is C30H33FN6O3. The van der Waals surface area contributed by atoms with Crippen LogP contribution in [0.2, 0.25) is 0 Å². The van der Waals surface area contributed by atoms with Crippen molar-refractivity contribution >= 4 is 17.5 Å². The molecule has 4 heterocycles. The molecule has 9 nitrogen and oxygen atoms in total. The number of amides is 1. The predicted molar refractivity (Wildman–Crippen MR) is 147 cm³/mol. The highest BCUT2D eigenvalue weighted by atomic mass is 19.1. The average Bonchev–Trinajstić information content (AvgIpc) is 3.52. The summed E-state index contributed by atoms with van der Waals surface area (Å²) in [4.78, 5) is 32.3. The van der Waals surface area contributed by atoms with E-state index < -0.39 is 11.8 Å². The van der Waals surface area contributed by atoms with Gasteiger partial charge in [0.05, 0.1) is 29.7 Å². The molecule has 0 spiro atoms. The second-order valence-electron chi connectivity index (χ2n) is 10.7. The number of fused-ring (bicyclic) bond motifs is 1. The molecule has 1 atom stereocenters.